The largest absolute Gasteiger partial charge is 0.301 e. The van der Waals surface area contributed by atoms with Crippen LogP contribution in [0.4, 0.5) is 0 Å². The van der Waals surface area contributed by atoms with Crippen molar-refractivity contribution in [1.29, 1.82) is 0 Å². The van der Waals surface area contributed by atoms with Gasteiger partial charge in [0.05, 0.1) is 6.54 Å². The summed E-state index contributed by atoms with van der Waals surface area (Å²) in [5.74, 6) is 1.01. The first kappa shape index (κ1) is 13.9. The van der Waals surface area contributed by atoms with Gasteiger partial charge in [-0.3, -0.25) is 0 Å². The maximum absolute atomic E-state index is 4.37. The van der Waals surface area contributed by atoms with Crippen LogP contribution in [0.3, 0.4) is 0 Å². The standard InChI is InChI=1S/C17H17N3S/c1-21-17-19-18-16(12-14-8-4-2-5-9-14)20(17)13-15-10-6-3-7-11-15/h2-11H,12-13H2,1H3. The van der Waals surface area contributed by atoms with Crippen molar-refractivity contribution < 1.29 is 0 Å². The molecule has 21 heavy (non-hydrogen) atoms. The highest BCUT2D eigenvalue weighted by atomic mass is 32.2. The highest BCUT2D eigenvalue weighted by molar-refractivity contribution is 7.98. The van der Waals surface area contributed by atoms with Crippen LogP contribution < -0.4 is 0 Å². The van der Waals surface area contributed by atoms with Crippen LogP contribution in [0.5, 0.6) is 0 Å². The zero-order valence-electron chi connectivity index (χ0n) is 11.9. The number of hydrogen-bond donors (Lipinski definition) is 0. The second-order valence-electron chi connectivity index (χ2n) is 4.84. The van der Waals surface area contributed by atoms with E-state index >= 15 is 0 Å². The second kappa shape index (κ2) is 6.59. The molecular formula is C17H17N3S. The summed E-state index contributed by atoms with van der Waals surface area (Å²) in [7, 11) is 0. The van der Waals surface area contributed by atoms with E-state index < -0.39 is 0 Å². The molecule has 0 N–H and O–H groups in total. The summed E-state index contributed by atoms with van der Waals surface area (Å²) in [4.78, 5) is 0. The molecule has 0 bridgehead atoms. The number of nitrogens with zero attached hydrogens (tertiary/aromatic N) is 3. The molecule has 3 nitrogen and oxygen atoms in total. The first-order valence-electron chi connectivity index (χ1n) is 6.91. The summed E-state index contributed by atoms with van der Waals surface area (Å²) in [5, 5.41) is 9.64. The van der Waals surface area contributed by atoms with Gasteiger partial charge in [-0.25, -0.2) is 0 Å². The Bertz CT molecular complexity index is 693. The van der Waals surface area contributed by atoms with E-state index in [1.54, 1.807) is 11.8 Å². The molecule has 0 aliphatic rings. The maximum Gasteiger partial charge on any atom is 0.191 e. The Hall–Kier alpha value is -2.07. The zero-order valence-corrected chi connectivity index (χ0v) is 12.8. The molecule has 106 valence electrons. The monoisotopic (exact) mass is 295 g/mol. The summed E-state index contributed by atoms with van der Waals surface area (Å²) in [6.07, 6.45) is 2.85. The highest BCUT2D eigenvalue weighted by Gasteiger charge is 2.12. The molecular weight excluding hydrogens is 278 g/mol. The molecule has 1 heterocycles. The van der Waals surface area contributed by atoms with Gasteiger partial charge in [0, 0.05) is 6.42 Å². The fraction of sp³-hybridized carbons (Fsp3) is 0.176. The molecule has 0 spiro atoms. The van der Waals surface area contributed by atoms with E-state index in [-0.39, 0.29) is 0 Å². The number of aromatic nitrogens is 3. The molecule has 3 aromatic rings. The molecule has 3 rings (SSSR count). The van der Waals surface area contributed by atoms with E-state index in [1.165, 1.54) is 11.1 Å². The van der Waals surface area contributed by atoms with Gasteiger partial charge in [0.25, 0.3) is 0 Å². The molecule has 0 fully saturated rings. The van der Waals surface area contributed by atoms with E-state index in [4.69, 9.17) is 0 Å². The van der Waals surface area contributed by atoms with Crippen molar-refractivity contribution in [2.45, 2.75) is 18.1 Å². The average Bonchev–Trinajstić information content (AvgIpc) is 2.91. The topological polar surface area (TPSA) is 30.7 Å². The molecule has 0 amide bonds. The van der Waals surface area contributed by atoms with Crippen molar-refractivity contribution in [1.82, 2.24) is 14.8 Å². The Morgan fingerprint density at radius 3 is 2.10 bits per heavy atom. The lowest BCUT2D eigenvalue weighted by atomic mass is 10.1. The fourth-order valence-corrected chi connectivity index (χ4v) is 2.82. The van der Waals surface area contributed by atoms with Gasteiger partial charge in [0.2, 0.25) is 0 Å². The first-order valence-corrected chi connectivity index (χ1v) is 8.13. The molecule has 1 aromatic heterocycles. The predicted octanol–water partition coefficient (Wildman–Crippen LogP) is 3.64. The van der Waals surface area contributed by atoms with Crippen molar-refractivity contribution in [3.8, 4) is 0 Å². The average molecular weight is 295 g/mol. The van der Waals surface area contributed by atoms with Crippen LogP contribution in [0, 0.1) is 0 Å². The molecule has 0 atom stereocenters. The van der Waals surface area contributed by atoms with Gasteiger partial charge in [-0.1, -0.05) is 72.4 Å². The Balaban J connectivity index is 1.89. The molecule has 0 aliphatic heterocycles. The van der Waals surface area contributed by atoms with Crippen molar-refractivity contribution in [3.05, 3.63) is 77.6 Å². The molecule has 4 heteroatoms. The van der Waals surface area contributed by atoms with Gasteiger partial charge in [-0.2, -0.15) is 0 Å². The lowest BCUT2D eigenvalue weighted by molar-refractivity contribution is 0.677. The Morgan fingerprint density at radius 2 is 1.48 bits per heavy atom. The number of benzene rings is 2. The minimum Gasteiger partial charge on any atom is -0.301 e. The predicted molar refractivity (Wildman–Crippen MR) is 86.6 cm³/mol. The Labute approximate surface area is 129 Å². The summed E-state index contributed by atoms with van der Waals surface area (Å²) in [6.45, 7) is 0.812. The third kappa shape index (κ3) is 3.34. The van der Waals surface area contributed by atoms with E-state index in [9.17, 15) is 0 Å². The van der Waals surface area contributed by atoms with Crippen molar-refractivity contribution in [2.24, 2.45) is 0 Å². The zero-order chi connectivity index (χ0) is 14.5. The van der Waals surface area contributed by atoms with E-state index in [2.05, 4.69) is 63.3 Å². The Kier molecular flexibility index (Phi) is 4.36. The lowest BCUT2D eigenvalue weighted by Crippen LogP contribution is -2.07. The number of rotatable bonds is 5. The normalized spacial score (nSPS) is 10.7. The third-order valence-electron chi connectivity index (χ3n) is 3.36. The van der Waals surface area contributed by atoms with Crippen LogP contribution in [-0.2, 0) is 13.0 Å². The van der Waals surface area contributed by atoms with Crippen molar-refractivity contribution in [2.75, 3.05) is 6.26 Å². The summed E-state index contributed by atoms with van der Waals surface area (Å²) < 4.78 is 2.20. The van der Waals surface area contributed by atoms with Crippen LogP contribution in [-0.4, -0.2) is 21.0 Å². The van der Waals surface area contributed by atoms with E-state index in [0.29, 0.717) is 0 Å². The van der Waals surface area contributed by atoms with Crippen LogP contribution >= 0.6 is 11.8 Å². The van der Waals surface area contributed by atoms with Crippen molar-refractivity contribution in [3.63, 3.8) is 0 Å². The quantitative estimate of drug-likeness (QED) is 0.673. The highest BCUT2D eigenvalue weighted by Crippen LogP contribution is 2.18. The lowest BCUT2D eigenvalue weighted by Gasteiger charge is -2.09. The first-order chi connectivity index (χ1) is 10.4. The number of thioether (sulfide) groups is 1. The van der Waals surface area contributed by atoms with Crippen molar-refractivity contribution >= 4 is 11.8 Å². The second-order valence-corrected chi connectivity index (χ2v) is 5.61. The molecule has 2 aromatic carbocycles. The third-order valence-corrected chi connectivity index (χ3v) is 4.03. The van der Waals surface area contributed by atoms with Gasteiger partial charge in [-0.05, 0) is 17.4 Å². The van der Waals surface area contributed by atoms with Crippen LogP contribution in [0.25, 0.3) is 0 Å². The molecule has 0 radical (unpaired) electrons. The minimum absolute atomic E-state index is 0.807. The minimum atomic E-state index is 0.807. The SMILES string of the molecule is CSc1nnc(Cc2ccccc2)n1Cc1ccccc1. The van der Waals surface area contributed by atoms with E-state index in [0.717, 1.165) is 23.9 Å². The van der Waals surface area contributed by atoms with Gasteiger partial charge in [0.1, 0.15) is 5.82 Å². The van der Waals surface area contributed by atoms with Crippen LogP contribution in [0.15, 0.2) is 65.8 Å². The molecule has 0 unspecified atom stereocenters. The van der Waals surface area contributed by atoms with Crippen LogP contribution in [0.1, 0.15) is 17.0 Å². The smallest absolute Gasteiger partial charge is 0.191 e. The van der Waals surface area contributed by atoms with Gasteiger partial charge in [0.15, 0.2) is 5.16 Å². The van der Waals surface area contributed by atoms with Gasteiger partial charge >= 0.3 is 0 Å². The maximum atomic E-state index is 4.37. The molecule has 0 saturated carbocycles. The summed E-state index contributed by atoms with van der Waals surface area (Å²) >= 11 is 1.64. The fourth-order valence-electron chi connectivity index (χ4n) is 2.30. The van der Waals surface area contributed by atoms with E-state index in [1.807, 2.05) is 18.4 Å². The number of hydrogen-bond acceptors (Lipinski definition) is 3. The van der Waals surface area contributed by atoms with Crippen LogP contribution in [0.2, 0.25) is 0 Å². The summed E-state index contributed by atoms with van der Waals surface area (Å²) in [5.41, 5.74) is 2.52. The molecule has 0 saturated heterocycles. The summed E-state index contributed by atoms with van der Waals surface area (Å²) in [6, 6.07) is 20.8. The molecule has 0 aliphatic carbocycles. The van der Waals surface area contributed by atoms with Gasteiger partial charge in [-0.15, -0.1) is 10.2 Å². The van der Waals surface area contributed by atoms with Gasteiger partial charge < -0.3 is 4.57 Å². The Morgan fingerprint density at radius 1 is 0.857 bits per heavy atom.